The summed E-state index contributed by atoms with van der Waals surface area (Å²) in [5.41, 5.74) is 3.39. The summed E-state index contributed by atoms with van der Waals surface area (Å²) in [4.78, 5) is 19.3. The zero-order valence-electron chi connectivity index (χ0n) is 19.9. The Balaban J connectivity index is 1.44. The van der Waals surface area contributed by atoms with Crippen molar-refractivity contribution in [2.24, 2.45) is 7.05 Å². The lowest BCUT2D eigenvalue weighted by Gasteiger charge is -2.27. The maximum atomic E-state index is 12.7. The lowest BCUT2D eigenvalue weighted by atomic mass is 9.98. The predicted molar refractivity (Wildman–Crippen MR) is 123 cm³/mol. The van der Waals surface area contributed by atoms with Gasteiger partial charge in [-0.3, -0.25) is 4.68 Å². The highest BCUT2D eigenvalue weighted by Gasteiger charge is 2.48. The van der Waals surface area contributed by atoms with Gasteiger partial charge in [-0.15, -0.1) is 0 Å². The average Bonchev–Trinajstić information content (AvgIpc) is 3.49. The number of carbonyl (C=O) groups is 1. The predicted octanol–water partition coefficient (Wildman–Crippen LogP) is 5.40. The summed E-state index contributed by atoms with van der Waals surface area (Å²) in [5.74, 6) is 0.852. The van der Waals surface area contributed by atoms with Crippen LogP contribution in [0.3, 0.4) is 0 Å². The topological polar surface area (TPSA) is 69.5 Å². The molecule has 2 fully saturated rings. The van der Waals surface area contributed by atoms with Crippen LogP contribution in [0.4, 0.5) is 4.79 Å². The van der Waals surface area contributed by atoms with Crippen LogP contribution < -0.4 is 4.74 Å². The van der Waals surface area contributed by atoms with Crippen LogP contribution in [-0.2, 0) is 18.4 Å². The molecule has 4 rings (SSSR count). The molecular weight excluding hydrogens is 404 g/mol. The first-order valence-electron chi connectivity index (χ1n) is 12.0. The summed E-state index contributed by atoms with van der Waals surface area (Å²) in [6, 6.07) is 3.98. The van der Waals surface area contributed by atoms with Crippen LogP contribution in [0.5, 0.6) is 5.75 Å². The van der Waals surface area contributed by atoms with Gasteiger partial charge in [-0.2, -0.15) is 5.10 Å². The molecule has 0 aliphatic heterocycles. The molecular formula is C25H36N4O3. The van der Waals surface area contributed by atoms with Crippen LogP contribution in [0.1, 0.15) is 76.1 Å². The van der Waals surface area contributed by atoms with E-state index in [0.717, 1.165) is 66.9 Å². The molecule has 0 N–H and O–H groups in total. The normalized spacial score (nSPS) is 17.8. The van der Waals surface area contributed by atoms with E-state index < -0.39 is 0 Å². The van der Waals surface area contributed by atoms with Crippen LogP contribution in [0.15, 0.2) is 18.3 Å². The van der Waals surface area contributed by atoms with Gasteiger partial charge in [-0.25, -0.2) is 9.78 Å². The molecule has 1 amide bonds. The van der Waals surface area contributed by atoms with Gasteiger partial charge in [0, 0.05) is 25.2 Å². The molecule has 0 spiro atoms. The summed E-state index contributed by atoms with van der Waals surface area (Å²) < 4.78 is 13.7. The summed E-state index contributed by atoms with van der Waals surface area (Å²) in [7, 11) is 3.72. The third-order valence-electron chi connectivity index (χ3n) is 7.08. The monoisotopic (exact) mass is 440 g/mol. The zero-order valence-corrected chi connectivity index (χ0v) is 19.9. The van der Waals surface area contributed by atoms with Crippen molar-refractivity contribution in [2.75, 3.05) is 7.05 Å². The Morgan fingerprint density at radius 1 is 1.25 bits per heavy atom. The molecule has 0 radical (unpaired) electrons. The van der Waals surface area contributed by atoms with Crippen LogP contribution in [0.25, 0.3) is 11.3 Å². The van der Waals surface area contributed by atoms with Gasteiger partial charge in [-0.1, -0.05) is 19.8 Å². The number of pyridine rings is 1. The second-order valence-corrected chi connectivity index (χ2v) is 9.37. The van der Waals surface area contributed by atoms with Gasteiger partial charge >= 0.3 is 6.09 Å². The maximum Gasteiger partial charge on any atom is 0.410 e. The van der Waals surface area contributed by atoms with Crippen molar-refractivity contribution < 1.29 is 14.3 Å². The van der Waals surface area contributed by atoms with E-state index in [1.165, 1.54) is 19.3 Å². The highest BCUT2D eigenvalue weighted by molar-refractivity contribution is 5.69. The van der Waals surface area contributed by atoms with E-state index in [1.54, 1.807) is 15.8 Å². The van der Waals surface area contributed by atoms with Gasteiger partial charge in [0.15, 0.2) is 0 Å². The number of carbonyl (C=O) groups excluding carboxylic acids is 1. The molecule has 7 nitrogen and oxygen atoms in total. The zero-order chi connectivity index (χ0) is 22.7. The van der Waals surface area contributed by atoms with E-state index in [0.29, 0.717) is 6.10 Å². The third-order valence-corrected chi connectivity index (χ3v) is 7.08. The van der Waals surface area contributed by atoms with Gasteiger partial charge in [0.2, 0.25) is 0 Å². The number of aryl methyl sites for hydroxylation is 2. The van der Waals surface area contributed by atoms with Gasteiger partial charge in [-0.05, 0) is 64.0 Å². The van der Waals surface area contributed by atoms with Gasteiger partial charge in [0.1, 0.15) is 12.4 Å². The van der Waals surface area contributed by atoms with Crippen molar-refractivity contribution in [2.45, 2.75) is 89.9 Å². The Kier molecular flexibility index (Phi) is 6.72. The first kappa shape index (κ1) is 22.6. The Hall–Kier alpha value is -2.57. The fraction of sp³-hybridized carbons (Fsp3) is 0.640. The van der Waals surface area contributed by atoms with Gasteiger partial charge < -0.3 is 14.4 Å². The molecule has 0 atom stereocenters. The number of nitrogens with zero attached hydrogens (tertiary/aromatic N) is 4. The van der Waals surface area contributed by atoms with Crippen LogP contribution in [-0.4, -0.2) is 44.4 Å². The van der Waals surface area contributed by atoms with Crippen molar-refractivity contribution in [3.8, 4) is 17.0 Å². The number of rotatable bonds is 8. The summed E-state index contributed by atoms with van der Waals surface area (Å²) in [6.45, 7) is 4.30. The van der Waals surface area contributed by atoms with Crippen molar-refractivity contribution >= 4 is 6.09 Å². The Labute approximate surface area is 191 Å². The smallest absolute Gasteiger partial charge is 0.410 e. The quantitative estimate of drug-likeness (QED) is 0.549. The molecule has 0 bridgehead atoms. The second-order valence-electron chi connectivity index (χ2n) is 9.37. The fourth-order valence-electron chi connectivity index (χ4n) is 4.82. The first-order chi connectivity index (χ1) is 15.4. The van der Waals surface area contributed by atoms with E-state index in [4.69, 9.17) is 14.5 Å². The minimum Gasteiger partial charge on any atom is -0.489 e. The molecule has 0 aromatic carbocycles. The lowest BCUT2D eigenvalue weighted by Crippen LogP contribution is -2.39. The second kappa shape index (κ2) is 9.51. The standard InChI is InChI=1S/C25H36N4O3/c1-5-13-25(14-15-25)28(3)24(30)31-17-22-20(16-26-29(22)4)21-11-12-23(18(2)27-21)32-19-9-7-6-8-10-19/h11-12,16,19H,5-10,13-15,17H2,1-4H3. The molecule has 2 aliphatic carbocycles. The van der Waals surface area contributed by atoms with Crippen molar-refractivity contribution in [3.05, 3.63) is 29.7 Å². The van der Waals surface area contributed by atoms with Crippen molar-refractivity contribution in [3.63, 3.8) is 0 Å². The van der Waals surface area contributed by atoms with Crippen LogP contribution >= 0.6 is 0 Å². The molecule has 2 aromatic heterocycles. The molecule has 7 heteroatoms. The van der Waals surface area contributed by atoms with E-state index >= 15 is 0 Å². The molecule has 2 aliphatic rings. The molecule has 2 saturated carbocycles. The highest BCUT2D eigenvalue weighted by atomic mass is 16.6. The van der Waals surface area contributed by atoms with Crippen molar-refractivity contribution in [1.82, 2.24) is 19.7 Å². The van der Waals surface area contributed by atoms with Gasteiger partial charge in [0.05, 0.1) is 29.4 Å². The fourth-order valence-corrected chi connectivity index (χ4v) is 4.82. The minimum atomic E-state index is -0.275. The summed E-state index contributed by atoms with van der Waals surface area (Å²) in [5, 5.41) is 4.39. The van der Waals surface area contributed by atoms with Crippen LogP contribution in [0.2, 0.25) is 0 Å². The number of hydrogen-bond donors (Lipinski definition) is 0. The van der Waals surface area contributed by atoms with E-state index in [2.05, 4.69) is 12.0 Å². The number of amides is 1. The van der Waals surface area contributed by atoms with E-state index in [-0.39, 0.29) is 18.2 Å². The number of ether oxygens (including phenoxy) is 2. The summed E-state index contributed by atoms with van der Waals surface area (Å²) >= 11 is 0. The first-order valence-corrected chi connectivity index (χ1v) is 12.0. The van der Waals surface area contributed by atoms with Crippen molar-refractivity contribution in [1.29, 1.82) is 0 Å². The highest BCUT2D eigenvalue weighted by Crippen LogP contribution is 2.45. The Morgan fingerprint density at radius 3 is 2.66 bits per heavy atom. The summed E-state index contributed by atoms with van der Waals surface area (Å²) in [6.07, 6.45) is 12.0. The Bertz CT molecular complexity index is 945. The van der Waals surface area contributed by atoms with E-state index in [1.807, 2.05) is 33.2 Å². The van der Waals surface area contributed by atoms with Gasteiger partial charge in [0.25, 0.3) is 0 Å². The molecule has 2 aromatic rings. The number of aromatic nitrogens is 3. The Morgan fingerprint density at radius 2 is 2.00 bits per heavy atom. The third kappa shape index (κ3) is 4.76. The van der Waals surface area contributed by atoms with Crippen LogP contribution in [0, 0.1) is 6.92 Å². The van der Waals surface area contributed by atoms with E-state index in [9.17, 15) is 4.79 Å². The molecule has 2 heterocycles. The molecule has 32 heavy (non-hydrogen) atoms. The SMILES string of the molecule is CCCC1(N(C)C(=O)OCc2c(-c3ccc(OC4CCCCC4)c(C)n3)cnn2C)CC1. The molecule has 0 saturated heterocycles. The minimum absolute atomic E-state index is 0.00600. The number of hydrogen-bond acceptors (Lipinski definition) is 5. The average molecular weight is 441 g/mol. The lowest BCUT2D eigenvalue weighted by molar-refractivity contribution is 0.0824. The molecule has 174 valence electrons. The maximum absolute atomic E-state index is 12.7. The largest absolute Gasteiger partial charge is 0.489 e. The molecule has 0 unspecified atom stereocenters.